The fourth-order valence-corrected chi connectivity index (χ4v) is 4.77. The minimum atomic E-state index is -0.840. The summed E-state index contributed by atoms with van der Waals surface area (Å²) in [7, 11) is 0. The summed E-state index contributed by atoms with van der Waals surface area (Å²) in [6.07, 6.45) is 31.1. The van der Waals surface area contributed by atoms with Gasteiger partial charge in [0.1, 0.15) is 0 Å². The van der Waals surface area contributed by atoms with Gasteiger partial charge in [-0.15, -0.1) is 0 Å². The monoisotopic (exact) mass is 502 g/mol. The molecule has 0 spiro atoms. The van der Waals surface area contributed by atoms with Crippen LogP contribution in [0.3, 0.4) is 0 Å². The first-order valence-corrected chi connectivity index (χ1v) is 15.7. The van der Waals surface area contributed by atoms with Crippen LogP contribution >= 0.6 is 11.8 Å². The Kier molecular flexibility index (Phi) is 33.7. The van der Waals surface area contributed by atoms with Crippen LogP contribution in [0.25, 0.3) is 0 Å². The fourth-order valence-electron chi connectivity index (χ4n) is 3.93. The molecule has 0 aliphatic carbocycles. The molecule has 5 heteroatoms. The zero-order valence-electron chi connectivity index (χ0n) is 22.8. The van der Waals surface area contributed by atoms with Gasteiger partial charge in [-0.2, -0.15) is 11.8 Å². The zero-order valence-corrected chi connectivity index (χ0v) is 23.6. The van der Waals surface area contributed by atoms with Crippen LogP contribution in [0, 0.1) is 0 Å². The van der Waals surface area contributed by atoms with Gasteiger partial charge >= 0.3 is 11.9 Å². The maximum atomic E-state index is 9.97. The van der Waals surface area contributed by atoms with Gasteiger partial charge in [0.2, 0.25) is 0 Å². The Morgan fingerprint density at radius 1 is 0.441 bits per heavy atom. The van der Waals surface area contributed by atoms with E-state index in [4.69, 9.17) is 10.2 Å². The van der Waals surface area contributed by atoms with Crippen molar-refractivity contribution in [2.45, 2.75) is 162 Å². The largest absolute Gasteiger partial charge is 0.481 e. The van der Waals surface area contributed by atoms with E-state index in [9.17, 15) is 9.59 Å². The molecule has 0 amide bonds. The summed E-state index contributed by atoms with van der Waals surface area (Å²) in [5, 5.41) is 16.4. The van der Waals surface area contributed by atoms with E-state index in [1.807, 2.05) is 0 Å². The number of carboxylic acid groups (broad SMARTS) is 2. The van der Waals surface area contributed by atoms with Crippen molar-refractivity contribution in [3.63, 3.8) is 0 Å². The van der Waals surface area contributed by atoms with Gasteiger partial charge in [0.05, 0.1) is 12.8 Å². The van der Waals surface area contributed by atoms with Crippen LogP contribution in [0.5, 0.6) is 0 Å². The Morgan fingerprint density at radius 2 is 0.647 bits per heavy atom. The number of aliphatic carboxylic acids is 2. The number of unbranched alkanes of at least 4 members (excludes halogenated alkanes) is 20. The normalized spacial score (nSPS) is 10.6. The molecule has 0 aromatic rings. The van der Waals surface area contributed by atoms with Gasteiger partial charge < -0.3 is 10.2 Å². The number of carbonyl (C=O) groups is 2. The van der Waals surface area contributed by atoms with Crippen LogP contribution in [0.4, 0.5) is 0 Å². The minimum Gasteiger partial charge on any atom is -0.481 e. The van der Waals surface area contributed by atoms with Gasteiger partial charge in [-0.25, -0.2) is 0 Å². The van der Waals surface area contributed by atoms with E-state index >= 15 is 0 Å². The lowest BCUT2D eigenvalue weighted by atomic mass is 10.0. The summed E-state index contributed by atoms with van der Waals surface area (Å²) >= 11 is 1.35. The number of hydrogen-bond donors (Lipinski definition) is 2. The predicted molar refractivity (Wildman–Crippen MR) is 150 cm³/mol. The van der Waals surface area contributed by atoms with Crippen molar-refractivity contribution in [1.82, 2.24) is 0 Å². The van der Waals surface area contributed by atoms with E-state index in [2.05, 4.69) is 13.8 Å². The number of rotatable bonds is 26. The quantitative estimate of drug-likeness (QED) is 0.115. The van der Waals surface area contributed by atoms with Crippen molar-refractivity contribution in [3.05, 3.63) is 0 Å². The molecule has 0 aliphatic heterocycles. The van der Waals surface area contributed by atoms with Crippen molar-refractivity contribution in [1.29, 1.82) is 0 Å². The summed E-state index contributed by atoms with van der Waals surface area (Å²) in [4.78, 5) is 19.9. The predicted octanol–water partition coefficient (Wildman–Crippen LogP) is 9.89. The standard InChI is InChI=1S/C23H48.C6H10O4S/c1-3-5-7-9-11-13-15-17-19-21-23-22-20-18-16-14-12-10-8-6-4-2;7-5(8)1-3-11-4-2-6(9)10/h3-23H2,1-2H3;1-4H2,(H,7,8)(H,9,10). The van der Waals surface area contributed by atoms with Crippen molar-refractivity contribution >= 4 is 23.7 Å². The molecule has 0 rings (SSSR count). The molecule has 0 aromatic carbocycles. The van der Waals surface area contributed by atoms with Gasteiger partial charge in [0.25, 0.3) is 0 Å². The molecule has 0 aliphatic rings. The Balaban J connectivity index is 0. The van der Waals surface area contributed by atoms with Crippen LogP contribution < -0.4 is 0 Å². The van der Waals surface area contributed by atoms with Crippen LogP contribution in [0.2, 0.25) is 0 Å². The Morgan fingerprint density at radius 3 is 0.824 bits per heavy atom. The highest BCUT2D eigenvalue weighted by Gasteiger charge is 1.99. The van der Waals surface area contributed by atoms with E-state index in [0.29, 0.717) is 11.5 Å². The molecule has 0 atom stereocenters. The number of carboxylic acids is 2. The van der Waals surface area contributed by atoms with Crippen LogP contribution in [-0.4, -0.2) is 33.7 Å². The number of thioether (sulfide) groups is 1. The van der Waals surface area contributed by atoms with E-state index in [1.165, 1.54) is 147 Å². The number of hydrogen-bond acceptors (Lipinski definition) is 3. The van der Waals surface area contributed by atoms with Gasteiger partial charge in [-0.3, -0.25) is 9.59 Å². The summed E-state index contributed by atoms with van der Waals surface area (Å²) < 4.78 is 0. The highest BCUT2D eigenvalue weighted by Crippen LogP contribution is 2.15. The van der Waals surface area contributed by atoms with Crippen molar-refractivity contribution in [2.24, 2.45) is 0 Å². The second kappa shape index (κ2) is 32.3. The first kappa shape index (κ1) is 35.5. The summed E-state index contributed by atoms with van der Waals surface area (Å²) in [6, 6.07) is 0. The van der Waals surface area contributed by atoms with Crippen LogP contribution in [0.15, 0.2) is 0 Å². The molecule has 0 heterocycles. The minimum absolute atomic E-state index is 0.101. The average Bonchev–Trinajstić information content (AvgIpc) is 2.80. The van der Waals surface area contributed by atoms with Crippen LogP contribution in [-0.2, 0) is 9.59 Å². The SMILES string of the molecule is CCCCCCCCCCCCCCCCCCCCCCC.O=C(O)CCSCCC(=O)O. The molecular formula is C29H58O4S. The topological polar surface area (TPSA) is 74.6 Å². The Hall–Kier alpha value is -0.710. The molecule has 4 nitrogen and oxygen atoms in total. The van der Waals surface area contributed by atoms with Gasteiger partial charge in [0.15, 0.2) is 0 Å². The maximum Gasteiger partial charge on any atom is 0.304 e. The fraction of sp³-hybridized carbons (Fsp3) is 0.931. The first-order chi connectivity index (χ1) is 16.5. The second-order valence-electron chi connectivity index (χ2n) is 9.62. The van der Waals surface area contributed by atoms with Crippen molar-refractivity contribution in [2.75, 3.05) is 11.5 Å². The molecule has 204 valence electrons. The third kappa shape index (κ3) is 38.5. The third-order valence-electron chi connectivity index (χ3n) is 6.13. The van der Waals surface area contributed by atoms with Gasteiger partial charge in [-0.1, -0.05) is 149 Å². The molecule has 0 radical (unpaired) electrons. The van der Waals surface area contributed by atoms with Crippen molar-refractivity contribution in [3.8, 4) is 0 Å². The molecule has 34 heavy (non-hydrogen) atoms. The lowest BCUT2D eigenvalue weighted by Crippen LogP contribution is -1.99. The summed E-state index contributed by atoms with van der Waals surface area (Å²) in [5.74, 6) is -0.703. The average molecular weight is 503 g/mol. The molecule has 0 aromatic heterocycles. The summed E-state index contributed by atoms with van der Waals surface area (Å²) in [6.45, 7) is 4.60. The summed E-state index contributed by atoms with van der Waals surface area (Å²) in [5.41, 5.74) is 0. The van der Waals surface area contributed by atoms with E-state index < -0.39 is 11.9 Å². The highest BCUT2D eigenvalue weighted by atomic mass is 32.2. The zero-order chi connectivity index (χ0) is 25.5. The molecule has 0 saturated heterocycles. The van der Waals surface area contributed by atoms with E-state index in [-0.39, 0.29) is 12.8 Å². The molecule has 0 fully saturated rings. The van der Waals surface area contributed by atoms with Gasteiger partial charge in [-0.05, 0) is 0 Å². The highest BCUT2D eigenvalue weighted by molar-refractivity contribution is 7.99. The molecule has 0 saturated carbocycles. The van der Waals surface area contributed by atoms with Crippen LogP contribution in [0.1, 0.15) is 162 Å². The molecule has 0 bridgehead atoms. The molecular weight excluding hydrogens is 444 g/mol. The molecule has 2 N–H and O–H groups in total. The lowest BCUT2D eigenvalue weighted by molar-refractivity contribution is -0.137. The first-order valence-electron chi connectivity index (χ1n) is 14.6. The smallest absolute Gasteiger partial charge is 0.304 e. The lowest BCUT2D eigenvalue weighted by Gasteiger charge is -2.04. The Labute approximate surface area is 216 Å². The van der Waals surface area contributed by atoms with Gasteiger partial charge in [0, 0.05) is 11.5 Å². The maximum absolute atomic E-state index is 9.97. The molecule has 0 unspecified atom stereocenters. The van der Waals surface area contributed by atoms with E-state index in [1.54, 1.807) is 0 Å². The Bertz CT molecular complexity index is 379. The second-order valence-corrected chi connectivity index (χ2v) is 10.8. The van der Waals surface area contributed by atoms with E-state index in [0.717, 1.165) is 0 Å². The third-order valence-corrected chi connectivity index (χ3v) is 7.11. The van der Waals surface area contributed by atoms with Crippen molar-refractivity contribution < 1.29 is 19.8 Å².